The van der Waals surface area contributed by atoms with Crippen molar-refractivity contribution < 1.29 is 0 Å². The van der Waals surface area contributed by atoms with Crippen LogP contribution in [0, 0.1) is 5.92 Å². The molecule has 0 bridgehead atoms. The highest BCUT2D eigenvalue weighted by Crippen LogP contribution is 2.23. The van der Waals surface area contributed by atoms with Crippen LogP contribution >= 0.6 is 0 Å². The van der Waals surface area contributed by atoms with Gasteiger partial charge in [0.25, 0.3) is 0 Å². The average molecular weight is 139 g/mol. The van der Waals surface area contributed by atoms with Crippen LogP contribution in [-0.2, 0) is 0 Å². The number of rotatable bonds is 0. The number of hydrogen-bond acceptors (Lipinski definition) is 1. The van der Waals surface area contributed by atoms with Gasteiger partial charge in [0.05, 0.1) is 0 Å². The van der Waals surface area contributed by atoms with Crippen molar-refractivity contribution in [3.05, 3.63) is 11.3 Å². The molecule has 10 heavy (non-hydrogen) atoms. The van der Waals surface area contributed by atoms with Gasteiger partial charge in [-0.05, 0) is 26.2 Å². The Morgan fingerprint density at radius 2 is 2.00 bits per heavy atom. The van der Waals surface area contributed by atoms with E-state index in [2.05, 4.69) is 32.7 Å². The highest BCUT2D eigenvalue weighted by molar-refractivity contribution is 5.12. The van der Waals surface area contributed by atoms with Gasteiger partial charge < -0.3 is 4.90 Å². The van der Waals surface area contributed by atoms with Gasteiger partial charge in [-0.3, -0.25) is 0 Å². The van der Waals surface area contributed by atoms with E-state index in [0.717, 1.165) is 5.92 Å². The van der Waals surface area contributed by atoms with Crippen molar-refractivity contribution >= 4 is 0 Å². The molecule has 1 aliphatic rings. The van der Waals surface area contributed by atoms with Crippen LogP contribution in [0.5, 0.6) is 0 Å². The van der Waals surface area contributed by atoms with Crippen molar-refractivity contribution in [1.82, 2.24) is 4.90 Å². The summed E-state index contributed by atoms with van der Waals surface area (Å²) in [4.78, 5) is 2.35. The van der Waals surface area contributed by atoms with Crippen molar-refractivity contribution in [3.63, 3.8) is 0 Å². The van der Waals surface area contributed by atoms with Crippen LogP contribution in [0.2, 0.25) is 0 Å². The minimum absolute atomic E-state index is 0.841. The molecule has 0 aromatic heterocycles. The Morgan fingerprint density at radius 3 is 2.50 bits per heavy atom. The van der Waals surface area contributed by atoms with Gasteiger partial charge in [0.1, 0.15) is 0 Å². The summed E-state index contributed by atoms with van der Waals surface area (Å²) in [6.45, 7) is 7.98. The molecule has 0 aromatic carbocycles. The molecule has 1 atom stereocenters. The molecule has 0 saturated carbocycles. The molecule has 0 N–H and O–H groups in total. The predicted octanol–water partition coefficient (Wildman–Crippen LogP) is 2.25. The van der Waals surface area contributed by atoms with Crippen molar-refractivity contribution in [2.75, 3.05) is 13.6 Å². The van der Waals surface area contributed by atoms with Crippen LogP contribution in [0.3, 0.4) is 0 Å². The summed E-state index contributed by atoms with van der Waals surface area (Å²) >= 11 is 0. The Morgan fingerprint density at radius 1 is 1.40 bits per heavy atom. The van der Waals surface area contributed by atoms with Crippen LogP contribution in [0.25, 0.3) is 0 Å². The number of allylic oxidation sites excluding steroid dienone is 2. The first-order chi connectivity index (χ1) is 4.61. The zero-order chi connectivity index (χ0) is 7.72. The largest absolute Gasteiger partial charge is 0.378 e. The molecule has 1 heteroatoms. The molecule has 1 rings (SSSR count). The molecule has 0 aliphatic carbocycles. The maximum absolute atomic E-state index is 2.35. The van der Waals surface area contributed by atoms with E-state index in [9.17, 15) is 0 Å². The van der Waals surface area contributed by atoms with E-state index in [-0.39, 0.29) is 0 Å². The van der Waals surface area contributed by atoms with E-state index in [1.165, 1.54) is 18.7 Å². The SMILES string of the molecule is CC1=C(C)N(C)CC(C)C1. The Kier molecular flexibility index (Phi) is 2.02. The molecule has 0 spiro atoms. The van der Waals surface area contributed by atoms with Crippen molar-refractivity contribution in [1.29, 1.82) is 0 Å². The van der Waals surface area contributed by atoms with E-state index in [4.69, 9.17) is 0 Å². The molecule has 1 unspecified atom stereocenters. The normalized spacial score (nSPS) is 27.6. The second-order valence-corrected chi connectivity index (χ2v) is 3.56. The maximum atomic E-state index is 2.35. The first-order valence-electron chi connectivity index (χ1n) is 3.98. The number of nitrogens with zero attached hydrogens (tertiary/aromatic N) is 1. The lowest BCUT2D eigenvalue weighted by atomic mass is 9.96. The van der Waals surface area contributed by atoms with Gasteiger partial charge >= 0.3 is 0 Å². The third-order valence-corrected chi connectivity index (χ3v) is 2.43. The van der Waals surface area contributed by atoms with Crippen LogP contribution in [-0.4, -0.2) is 18.5 Å². The van der Waals surface area contributed by atoms with Gasteiger partial charge in [-0.2, -0.15) is 0 Å². The molecular weight excluding hydrogens is 122 g/mol. The fourth-order valence-electron chi connectivity index (χ4n) is 1.67. The van der Waals surface area contributed by atoms with E-state index < -0.39 is 0 Å². The van der Waals surface area contributed by atoms with E-state index in [1.54, 1.807) is 5.57 Å². The van der Waals surface area contributed by atoms with Crippen LogP contribution < -0.4 is 0 Å². The predicted molar refractivity (Wildman–Crippen MR) is 44.8 cm³/mol. The molecule has 0 aromatic rings. The zero-order valence-electron chi connectivity index (χ0n) is 7.44. The van der Waals surface area contributed by atoms with Gasteiger partial charge in [0, 0.05) is 19.3 Å². The molecule has 0 fully saturated rings. The smallest absolute Gasteiger partial charge is 0.0200 e. The summed E-state index contributed by atoms with van der Waals surface area (Å²) in [5.74, 6) is 0.841. The molecule has 58 valence electrons. The minimum atomic E-state index is 0.841. The van der Waals surface area contributed by atoms with Crippen LogP contribution in [0.1, 0.15) is 27.2 Å². The van der Waals surface area contributed by atoms with Gasteiger partial charge in [-0.15, -0.1) is 0 Å². The lowest BCUT2D eigenvalue weighted by Crippen LogP contribution is -2.28. The Labute approximate surface area is 63.7 Å². The highest BCUT2D eigenvalue weighted by atomic mass is 15.1. The summed E-state index contributed by atoms with van der Waals surface area (Å²) in [6.07, 6.45) is 1.29. The quantitative estimate of drug-likeness (QED) is 0.497. The summed E-state index contributed by atoms with van der Waals surface area (Å²) < 4.78 is 0. The second kappa shape index (κ2) is 2.65. The fourth-order valence-corrected chi connectivity index (χ4v) is 1.67. The molecule has 0 amide bonds. The first-order valence-corrected chi connectivity index (χ1v) is 3.98. The topological polar surface area (TPSA) is 3.24 Å². The molecular formula is C9H17N. The minimum Gasteiger partial charge on any atom is -0.378 e. The second-order valence-electron chi connectivity index (χ2n) is 3.56. The molecule has 0 radical (unpaired) electrons. The fraction of sp³-hybridized carbons (Fsp3) is 0.778. The van der Waals surface area contributed by atoms with Crippen molar-refractivity contribution in [2.24, 2.45) is 5.92 Å². The Balaban J connectivity index is 2.74. The average Bonchev–Trinajstić information content (AvgIpc) is 1.82. The van der Waals surface area contributed by atoms with E-state index in [1.807, 2.05) is 0 Å². The van der Waals surface area contributed by atoms with Crippen molar-refractivity contribution in [3.8, 4) is 0 Å². The first kappa shape index (κ1) is 7.64. The Bertz CT molecular complexity index is 158. The van der Waals surface area contributed by atoms with Crippen LogP contribution in [0.4, 0.5) is 0 Å². The lowest BCUT2D eigenvalue weighted by Gasteiger charge is -2.31. The standard InChI is InChI=1S/C9H17N/c1-7-5-8(2)9(3)10(4)6-7/h7H,5-6H2,1-4H3. The lowest BCUT2D eigenvalue weighted by molar-refractivity contribution is 0.314. The molecule has 1 aliphatic heterocycles. The van der Waals surface area contributed by atoms with Gasteiger partial charge in [-0.1, -0.05) is 12.5 Å². The van der Waals surface area contributed by atoms with Crippen LogP contribution in [0.15, 0.2) is 11.3 Å². The highest BCUT2D eigenvalue weighted by Gasteiger charge is 2.15. The van der Waals surface area contributed by atoms with E-state index in [0.29, 0.717) is 0 Å². The van der Waals surface area contributed by atoms with Gasteiger partial charge in [-0.25, -0.2) is 0 Å². The molecule has 0 saturated heterocycles. The third-order valence-electron chi connectivity index (χ3n) is 2.43. The summed E-state index contributed by atoms with van der Waals surface area (Å²) in [7, 11) is 2.18. The zero-order valence-corrected chi connectivity index (χ0v) is 7.44. The van der Waals surface area contributed by atoms with E-state index >= 15 is 0 Å². The van der Waals surface area contributed by atoms with Gasteiger partial charge in [0.15, 0.2) is 0 Å². The summed E-state index contributed by atoms with van der Waals surface area (Å²) in [5.41, 5.74) is 3.03. The van der Waals surface area contributed by atoms with Gasteiger partial charge in [0.2, 0.25) is 0 Å². The van der Waals surface area contributed by atoms with Crippen molar-refractivity contribution in [2.45, 2.75) is 27.2 Å². The number of hydrogen-bond donors (Lipinski definition) is 0. The summed E-state index contributed by atoms with van der Waals surface area (Å²) in [6, 6.07) is 0. The molecule has 1 heterocycles. The maximum Gasteiger partial charge on any atom is 0.0200 e. The molecule has 1 nitrogen and oxygen atoms in total. The monoisotopic (exact) mass is 139 g/mol. The summed E-state index contributed by atoms with van der Waals surface area (Å²) in [5, 5.41) is 0. The third kappa shape index (κ3) is 1.34. The Hall–Kier alpha value is -0.460.